The summed E-state index contributed by atoms with van der Waals surface area (Å²) in [5.74, 6) is 0.384. The van der Waals surface area contributed by atoms with Crippen LogP contribution in [0.25, 0.3) is 22.7 Å². The molecule has 0 aliphatic heterocycles. The van der Waals surface area contributed by atoms with Crippen molar-refractivity contribution in [2.75, 3.05) is 17.2 Å². The molecule has 0 bridgehead atoms. The Labute approximate surface area is 221 Å². The van der Waals surface area contributed by atoms with Crippen LogP contribution < -0.4 is 10.6 Å². The summed E-state index contributed by atoms with van der Waals surface area (Å²) in [4.78, 5) is 27.0. The number of benzene rings is 2. The van der Waals surface area contributed by atoms with Crippen LogP contribution in [-0.4, -0.2) is 42.2 Å². The van der Waals surface area contributed by atoms with Crippen molar-refractivity contribution >= 4 is 28.8 Å². The summed E-state index contributed by atoms with van der Waals surface area (Å²) in [5, 5.41) is 12.9. The minimum absolute atomic E-state index is 0.0510. The van der Waals surface area contributed by atoms with Crippen LogP contribution in [0.4, 0.5) is 24.9 Å². The second-order valence-corrected chi connectivity index (χ2v) is 8.82. The summed E-state index contributed by atoms with van der Waals surface area (Å²) in [6, 6.07) is 15.7. The van der Waals surface area contributed by atoms with E-state index in [0.717, 1.165) is 42.7 Å². The molecule has 0 aliphatic carbocycles. The Balaban J connectivity index is 1.51. The van der Waals surface area contributed by atoms with Gasteiger partial charge >= 0.3 is 6.18 Å². The maximum absolute atomic E-state index is 13.1. The Kier molecular flexibility index (Phi) is 7.26. The van der Waals surface area contributed by atoms with Gasteiger partial charge in [-0.05, 0) is 48.7 Å². The zero-order valence-electron chi connectivity index (χ0n) is 21.0. The van der Waals surface area contributed by atoms with E-state index < -0.39 is 17.6 Å². The lowest BCUT2D eigenvalue weighted by atomic mass is 10.1. The van der Waals surface area contributed by atoms with Gasteiger partial charge in [0.2, 0.25) is 5.95 Å². The van der Waals surface area contributed by atoms with Crippen LogP contribution in [0.3, 0.4) is 0 Å². The number of hydrogen-bond donors (Lipinski definition) is 3. The average Bonchev–Trinajstić information content (AvgIpc) is 3.58. The number of rotatable bonds is 9. The monoisotopic (exact) mass is 534 g/mol. The lowest BCUT2D eigenvalue weighted by Crippen LogP contribution is -2.16. The third kappa shape index (κ3) is 5.74. The number of carbonyl (C=O) groups is 1. The fourth-order valence-corrected chi connectivity index (χ4v) is 4.14. The zero-order valence-corrected chi connectivity index (χ0v) is 21.0. The SMILES string of the molecule is CCCn1c(-c2ccn[nH]2)nc2c(NC(=O)c3ccc(C(F)(F)F)cc3)nc(NCCc3ccccc3)nc21. The topological polar surface area (TPSA) is 113 Å². The number of aromatic nitrogens is 6. The summed E-state index contributed by atoms with van der Waals surface area (Å²) in [7, 11) is 0. The molecule has 0 spiro atoms. The van der Waals surface area contributed by atoms with Gasteiger partial charge in [0, 0.05) is 24.8 Å². The number of alkyl halides is 3. The molecule has 9 nitrogen and oxygen atoms in total. The van der Waals surface area contributed by atoms with Gasteiger partial charge in [0.15, 0.2) is 22.8 Å². The molecule has 0 radical (unpaired) electrons. The highest BCUT2D eigenvalue weighted by atomic mass is 19.4. The van der Waals surface area contributed by atoms with E-state index in [9.17, 15) is 18.0 Å². The number of aromatic amines is 1. The highest BCUT2D eigenvalue weighted by Crippen LogP contribution is 2.30. The second kappa shape index (κ2) is 10.9. The van der Waals surface area contributed by atoms with Crippen molar-refractivity contribution in [1.82, 2.24) is 29.7 Å². The highest BCUT2D eigenvalue weighted by molar-refractivity contribution is 6.07. The highest BCUT2D eigenvalue weighted by Gasteiger charge is 2.30. The van der Waals surface area contributed by atoms with E-state index in [1.165, 1.54) is 0 Å². The number of nitrogens with zero attached hydrogens (tertiary/aromatic N) is 5. The molecule has 3 aromatic heterocycles. The number of amides is 1. The fraction of sp³-hybridized carbons (Fsp3) is 0.222. The van der Waals surface area contributed by atoms with E-state index in [2.05, 4.69) is 25.8 Å². The van der Waals surface area contributed by atoms with Crippen LogP contribution in [-0.2, 0) is 19.1 Å². The molecule has 200 valence electrons. The number of carbonyl (C=O) groups excluding carboxylic acids is 1. The van der Waals surface area contributed by atoms with Gasteiger partial charge in [-0.3, -0.25) is 9.89 Å². The standard InChI is InChI=1S/C27H25F3N8O/c1-2-16-38-23(20-13-15-32-37-20)33-21-22(34-25(39)18-8-10-19(11-9-18)27(28,29)30)35-26(36-24(21)38)31-14-12-17-6-4-3-5-7-17/h3-11,13,15H,2,12,14,16H2,1H3,(H,32,37)(H2,31,34,35,36,39). The molecule has 0 saturated heterocycles. The van der Waals surface area contributed by atoms with Gasteiger partial charge in [0.1, 0.15) is 5.69 Å². The van der Waals surface area contributed by atoms with Crippen molar-refractivity contribution in [3.8, 4) is 11.5 Å². The summed E-state index contributed by atoms with van der Waals surface area (Å²) in [6.45, 7) is 3.16. The first-order chi connectivity index (χ1) is 18.8. The predicted octanol–water partition coefficient (Wildman–Crippen LogP) is 5.55. The van der Waals surface area contributed by atoms with Crippen molar-refractivity contribution in [2.45, 2.75) is 32.5 Å². The molecule has 5 rings (SSSR count). The summed E-state index contributed by atoms with van der Waals surface area (Å²) in [5.41, 5.74) is 1.87. The van der Waals surface area contributed by atoms with Gasteiger partial charge in [-0.2, -0.15) is 28.2 Å². The lowest BCUT2D eigenvalue weighted by molar-refractivity contribution is -0.137. The normalized spacial score (nSPS) is 11.6. The van der Waals surface area contributed by atoms with E-state index >= 15 is 0 Å². The number of halogens is 3. The van der Waals surface area contributed by atoms with Crippen LogP contribution in [0.1, 0.15) is 34.8 Å². The molecule has 0 atom stereocenters. The maximum atomic E-state index is 13.1. The van der Waals surface area contributed by atoms with Crippen molar-refractivity contribution in [3.63, 3.8) is 0 Å². The number of hydrogen-bond acceptors (Lipinski definition) is 6. The average molecular weight is 535 g/mol. The molecule has 39 heavy (non-hydrogen) atoms. The largest absolute Gasteiger partial charge is 0.416 e. The third-order valence-electron chi connectivity index (χ3n) is 6.03. The molecule has 0 fully saturated rings. The molecular formula is C27H25F3N8O. The van der Waals surface area contributed by atoms with Crippen molar-refractivity contribution < 1.29 is 18.0 Å². The third-order valence-corrected chi connectivity index (χ3v) is 6.03. The Bertz CT molecular complexity index is 1560. The predicted molar refractivity (Wildman–Crippen MR) is 141 cm³/mol. The van der Waals surface area contributed by atoms with Crippen molar-refractivity contribution in [3.05, 3.63) is 83.6 Å². The van der Waals surface area contributed by atoms with Gasteiger partial charge in [0.25, 0.3) is 5.91 Å². The quantitative estimate of drug-likeness (QED) is 0.228. The van der Waals surface area contributed by atoms with Gasteiger partial charge in [-0.1, -0.05) is 37.3 Å². The van der Waals surface area contributed by atoms with Crippen LogP contribution >= 0.6 is 0 Å². The number of imidazole rings is 1. The molecule has 2 aromatic carbocycles. The van der Waals surface area contributed by atoms with Crippen LogP contribution in [0.2, 0.25) is 0 Å². The Morgan fingerprint density at radius 2 is 1.77 bits per heavy atom. The summed E-state index contributed by atoms with van der Waals surface area (Å²) in [6.07, 6.45) is -1.37. The molecule has 5 aromatic rings. The van der Waals surface area contributed by atoms with Crippen molar-refractivity contribution in [2.24, 2.45) is 0 Å². The van der Waals surface area contributed by atoms with Crippen LogP contribution in [0.5, 0.6) is 0 Å². The molecule has 12 heteroatoms. The van der Waals surface area contributed by atoms with Gasteiger partial charge in [-0.25, -0.2) is 4.98 Å². The van der Waals surface area contributed by atoms with Gasteiger partial charge in [0.05, 0.1) is 5.56 Å². The Hall–Kier alpha value is -4.74. The van der Waals surface area contributed by atoms with E-state index in [0.29, 0.717) is 35.8 Å². The Morgan fingerprint density at radius 3 is 2.44 bits per heavy atom. The molecule has 3 N–H and O–H groups in total. The first-order valence-corrected chi connectivity index (χ1v) is 12.4. The Morgan fingerprint density at radius 1 is 1.00 bits per heavy atom. The van der Waals surface area contributed by atoms with Gasteiger partial charge in [-0.15, -0.1) is 0 Å². The molecular weight excluding hydrogens is 509 g/mol. The van der Waals surface area contributed by atoms with Gasteiger partial charge < -0.3 is 15.2 Å². The van der Waals surface area contributed by atoms with E-state index in [-0.39, 0.29) is 17.3 Å². The van der Waals surface area contributed by atoms with Crippen molar-refractivity contribution in [1.29, 1.82) is 0 Å². The molecule has 0 unspecified atom stereocenters. The second-order valence-electron chi connectivity index (χ2n) is 8.82. The van der Waals surface area contributed by atoms with Crippen LogP contribution in [0, 0.1) is 0 Å². The number of aryl methyl sites for hydroxylation is 1. The molecule has 3 heterocycles. The molecule has 0 aliphatic rings. The van der Waals surface area contributed by atoms with E-state index in [4.69, 9.17) is 9.97 Å². The fourth-order valence-electron chi connectivity index (χ4n) is 4.14. The minimum Gasteiger partial charge on any atom is -0.354 e. The summed E-state index contributed by atoms with van der Waals surface area (Å²) < 4.78 is 40.8. The zero-order chi connectivity index (χ0) is 27.4. The number of H-pyrrole nitrogens is 1. The maximum Gasteiger partial charge on any atom is 0.416 e. The minimum atomic E-state index is -4.50. The van der Waals surface area contributed by atoms with E-state index in [1.54, 1.807) is 12.3 Å². The number of fused-ring (bicyclic) bond motifs is 1. The van der Waals surface area contributed by atoms with E-state index in [1.807, 2.05) is 41.8 Å². The molecule has 1 amide bonds. The number of anilines is 2. The number of nitrogens with one attached hydrogen (secondary N) is 3. The lowest BCUT2D eigenvalue weighted by Gasteiger charge is -2.11. The van der Waals surface area contributed by atoms with Crippen LogP contribution in [0.15, 0.2) is 66.9 Å². The first-order valence-electron chi connectivity index (χ1n) is 12.4. The smallest absolute Gasteiger partial charge is 0.354 e. The molecule has 0 saturated carbocycles. The first kappa shape index (κ1) is 25.9. The summed E-state index contributed by atoms with van der Waals surface area (Å²) >= 11 is 0.